The van der Waals surface area contributed by atoms with E-state index in [0.29, 0.717) is 12.6 Å². The van der Waals surface area contributed by atoms with Gasteiger partial charge in [0, 0.05) is 19.1 Å². The van der Waals surface area contributed by atoms with Crippen LogP contribution in [0.15, 0.2) is 24.3 Å². The van der Waals surface area contributed by atoms with Crippen LogP contribution in [0.5, 0.6) is 5.75 Å². The van der Waals surface area contributed by atoms with Crippen LogP contribution in [-0.4, -0.2) is 30.6 Å². The van der Waals surface area contributed by atoms with Gasteiger partial charge in [0.2, 0.25) is 0 Å². The molecule has 0 amide bonds. The average molecular weight is 262 g/mol. The quantitative estimate of drug-likeness (QED) is 0.886. The Bertz CT molecular complexity index is 394. The van der Waals surface area contributed by atoms with Crippen molar-refractivity contribution in [2.75, 3.05) is 19.7 Å². The van der Waals surface area contributed by atoms with E-state index in [1.165, 1.54) is 19.4 Å². The fourth-order valence-corrected chi connectivity index (χ4v) is 2.78. The van der Waals surface area contributed by atoms with Gasteiger partial charge in [-0.3, -0.25) is 4.90 Å². The van der Waals surface area contributed by atoms with Gasteiger partial charge in [-0.15, -0.1) is 0 Å². The van der Waals surface area contributed by atoms with Crippen molar-refractivity contribution in [1.82, 2.24) is 4.90 Å². The van der Waals surface area contributed by atoms with Crippen LogP contribution in [-0.2, 0) is 6.54 Å². The molecule has 1 aromatic carbocycles. The first kappa shape index (κ1) is 14.4. The summed E-state index contributed by atoms with van der Waals surface area (Å²) >= 11 is 0. The van der Waals surface area contributed by atoms with Gasteiger partial charge in [-0.25, -0.2) is 0 Å². The summed E-state index contributed by atoms with van der Waals surface area (Å²) in [5.41, 5.74) is 6.76. The summed E-state index contributed by atoms with van der Waals surface area (Å²) in [4.78, 5) is 2.54. The zero-order valence-corrected chi connectivity index (χ0v) is 12.1. The third-order valence-corrected chi connectivity index (χ3v) is 4.29. The van der Waals surface area contributed by atoms with Gasteiger partial charge in [-0.1, -0.05) is 19.1 Å². The van der Waals surface area contributed by atoms with E-state index in [4.69, 9.17) is 10.5 Å². The van der Waals surface area contributed by atoms with Gasteiger partial charge in [0.1, 0.15) is 12.4 Å². The Morgan fingerprint density at radius 3 is 3.00 bits per heavy atom. The second-order valence-corrected chi connectivity index (χ2v) is 5.60. The van der Waals surface area contributed by atoms with Crippen LogP contribution in [0, 0.1) is 5.92 Å². The van der Waals surface area contributed by atoms with E-state index in [9.17, 15) is 0 Å². The van der Waals surface area contributed by atoms with Crippen molar-refractivity contribution >= 4 is 0 Å². The molecule has 106 valence electrons. The number of likely N-dealkylation sites (tertiary alicyclic amines) is 1. The van der Waals surface area contributed by atoms with Crippen molar-refractivity contribution in [3.05, 3.63) is 29.8 Å². The molecule has 1 heterocycles. The van der Waals surface area contributed by atoms with Crippen molar-refractivity contribution in [3.63, 3.8) is 0 Å². The molecular formula is C16H26N2O. The standard InChI is InChI=1S/C16H26N2O/c1-13-5-4-8-18(14(13)2)9-10-19-16-7-3-6-15(11-16)12-17/h3,6-7,11,13-14H,4-5,8-10,12,17H2,1-2H3. The number of nitrogens with two attached hydrogens (primary N) is 1. The summed E-state index contributed by atoms with van der Waals surface area (Å²) in [5, 5.41) is 0. The second kappa shape index (κ2) is 6.92. The molecule has 2 unspecified atom stereocenters. The number of ether oxygens (including phenoxy) is 1. The van der Waals surface area contributed by atoms with Crippen LogP contribution in [0.3, 0.4) is 0 Å². The molecule has 1 fully saturated rings. The highest BCUT2D eigenvalue weighted by molar-refractivity contribution is 5.28. The lowest BCUT2D eigenvalue weighted by Gasteiger charge is -2.37. The maximum atomic E-state index is 5.84. The Morgan fingerprint density at radius 2 is 2.21 bits per heavy atom. The number of hydrogen-bond acceptors (Lipinski definition) is 3. The minimum Gasteiger partial charge on any atom is -0.492 e. The molecule has 0 aromatic heterocycles. The summed E-state index contributed by atoms with van der Waals surface area (Å²) < 4.78 is 5.84. The van der Waals surface area contributed by atoms with Gasteiger partial charge in [0.15, 0.2) is 0 Å². The van der Waals surface area contributed by atoms with Crippen LogP contribution in [0.1, 0.15) is 32.3 Å². The van der Waals surface area contributed by atoms with Gasteiger partial charge in [-0.05, 0) is 49.9 Å². The SMILES string of the molecule is CC1CCCN(CCOc2cccc(CN)c2)C1C. The molecule has 3 heteroatoms. The average Bonchev–Trinajstić information content (AvgIpc) is 2.44. The Labute approximate surface area is 116 Å². The number of piperidine rings is 1. The molecular weight excluding hydrogens is 236 g/mol. The highest BCUT2D eigenvalue weighted by atomic mass is 16.5. The van der Waals surface area contributed by atoms with Crippen LogP contribution in [0.4, 0.5) is 0 Å². The maximum Gasteiger partial charge on any atom is 0.119 e. The summed E-state index contributed by atoms with van der Waals surface area (Å²) in [5.74, 6) is 1.73. The van der Waals surface area contributed by atoms with Crippen molar-refractivity contribution in [3.8, 4) is 5.75 Å². The number of rotatable bonds is 5. The van der Waals surface area contributed by atoms with Crippen molar-refractivity contribution < 1.29 is 4.74 Å². The molecule has 1 aliphatic heterocycles. The van der Waals surface area contributed by atoms with Crippen LogP contribution >= 0.6 is 0 Å². The number of hydrogen-bond donors (Lipinski definition) is 1. The third-order valence-electron chi connectivity index (χ3n) is 4.29. The molecule has 0 saturated carbocycles. The topological polar surface area (TPSA) is 38.5 Å². The Morgan fingerprint density at radius 1 is 1.37 bits per heavy atom. The molecule has 2 rings (SSSR count). The Balaban J connectivity index is 1.79. The molecule has 2 atom stereocenters. The number of benzene rings is 1. The fourth-order valence-electron chi connectivity index (χ4n) is 2.78. The summed E-state index contributed by atoms with van der Waals surface area (Å²) in [7, 11) is 0. The van der Waals surface area contributed by atoms with E-state index in [1.54, 1.807) is 0 Å². The van der Waals surface area contributed by atoms with Gasteiger partial charge >= 0.3 is 0 Å². The zero-order chi connectivity index (χ0) is 13.7. The summed E-state index contributed by atoms with van der Waals surface area (Å²) in [6.45, 7) is 8.22. The smallest absolute Gasteiger partial charge is 0.119 e. The van der Waals surface area contributed by atoms with E-state index in [-0.39, 0.29) is 0 Å². The molecule has 2 N–H and O–H groups in total. The molecule has 1 aromatic rings. The lowest BCUT2D eigenvalue weighted by molar-refractivity contribution is 0.0958. The highest BCUT2D eigenvalue weighted by Gasteiger charge is 2.23. The molecule has 0 bridgehead atoms. The monoisotopic (exact) mass is 262 g/mol. The molecule has 0 radical (unpaired) electrons. The molecule has 1 aliphatic rings. The van der Waals surface area contributed by atoms with E-state index in [2.05, 4.69) is 18.7 Å². The van der Waals surface area contributed by atoms with Crippen molar-refractivity contribution in [2.45, 2.75) is 39.3 Å². The van der Waals surface area contributed by atoms with Gasteiger partial charge in [0.25, 0.3) is 0 Å². The largest absolute Gasteiger partial charge is 0.492 e. The molecule has 0 aliphatic carbocycles. The van der Waals surface area contributed by atoms with Gasteiger partial charge in [-0.2, -0.15) is 0 Å². The molecule has 3 nitrogen and oxygen atoms in total. The summed E-state index contributed by atoms with van der Waals surface area (Å²) in [6, 6.07) is 8.74. The van der Waals surface area contributed by atoms with E-state index in [1.807, 2.05) is 24.3 Å². The first-order valence-electron chi connectivity index (χ1n) is 7.36. The van der Waals surface area contributed by atoms with Gasteiger partial charge in [0.05, 0.1) is 0 Å². The predicted molar refractivity (Wildman–Crippen MR) is 79.3 cm³/mol. The summed E-state index contributed by atoms with van der Waals surface area (Å²) in [6.07, 6.45) is 2.67. The zero-order valence-electron chi connectivity index (χ0n) is 12.1. The first-order valence-corrected chi connectivity index (χ1v) is 7.36. The van der Waals surface area contributed by atoms with E-state index >= 15 is 0 Å². The Kier molecular flexibility index (Phi) is 5.23. The van der Waals surface area contributed by atoms with Gasteiger partial charge < -0.3 is 10.5 Å². The second-order valence-electron chi connectivity index (χ2n) is 5.60. The normalized spacial score (nSPS) is 24.4. The minimum atomic E-state index is 0.567. The van der Waals surface area contributed by atoms with Crippen LogP contribution in [0.2, 0.25) is 0 Å². The predicted octanol–water partition coefficient (Wildman–Crippen LogP) is 2.64. The maximum absolute atomic E-state index is 5.84. The first-order chi connectivity index (χ1) is 9.20. The molecule has 0 spiro atoms. The van der Waals surface area contributed by atoms with Crippen LogP contribution < -0.4 is 10.5 Å². The van der Waals surface area contributed by atoms with E-state index < -0.39 is 0 Å². The van der Waals surface area contributed by atoms with E-state index in [0.717, 1.165) is 30.4 Å². The lowest BCUT2D eigenvalue weighted by atomic mass is 9.92. The van der Waals surface area contributed by atoms with Crippen molar-refractivity contribution in [2.24, 2.45) is 11.7 Å². The highest BCUT2D eigenvalue weighted by Crippen LogP contribution is 2.22. The van der Waals surface area contributed by atoms with Crippen molar-refractivity contribution in [1.29, 1.82) is 0 Å². The fraction of sp³-hybridized carbons (Fsp3) is 0.625. The minimum absolute atomic E-state index is 0.567. The lowest BCUT2D eigenvalue weighted by Crippen LogP contribution is -2.44. The molecule has 1 saturated heterocycles. The molecule has 19 heavy (non-hydrogen) atoms. The number of nitrogens with zero attached hydrogens (tertiary/aromatic N) is 1. The van der Waals surface area contributed by atoms with Crippen LogP contribution in [0.25, 0.3) is 0 Å². The Hall–Kier alpha value is -1.06. The third kappa shape index (κ3) is 3.95.